The number of carbonyl (C=O) groups is 1. The minimum atomic E-state index is -3.44. The molecular weight excluding hydrogens is 408 g/mol. The molecule has 0 saturated carbocycles. The lowest BCUT2D eigenvalue weighted by atomic mass is 10.2. The third kappa shape index (κ3) is 5.58. The zero-order valence-electron chi connectivity index (χ0n) is 17.0. The Labute approximate surface area is 177 Å². The highest BCUT2D eigenvalue weighted by Crippen LogP contribution is 2.27. The van der Waals surface area contributed by atoms with Crippen molar-refractivity contribution in [1.29, 1.82) is 0 Å². The van der Waals surface area contributed by atoms with Crippen LogP contribution in [0.5, 0.6) is 5.75 Å². The lowest BCUT2D eigenvalue weighted by Gasteiger charge is -2.25. The average Bonchev–Trinajstić information content (AvgIpc) is 3.19. The summed E-state index contributed by atoms with van der Waals surface area (Å²) in [7, 11) is -1.68. The Balaban J connectivity index is 1.59. The van der Waals surface area contributed by atoms with E-state index in [1.807, 2.05) is 31.2 Å². The fraction of sp³-hybridized carbons (Fsp3) is 0.476. The van der Waals surface area contributed by atoms with Gasteiger partial charge < -0.3 is 9.64 Å². The van der Waals surface area contributed by atoms with Crippen LogP contribution in [0.1, 0.15) is 36.6 Å². The highest BCUT2D eigenvalue weighted by Gasteiger charge is 2.27. The maximum atomic E-state index is 12.8. The number of sulfonamides is 1. The highest BCUT2D eigenvalue weighted by atomic mass is 32.2. The van der Waals surface area contributed by atoms with Gasteiger partial charge in [0.25, 0.3) is 10.0 Å². The summed E-state index contributed by atoms with van der Waals surface area (Å²) in [4.78, 5) is 15.0. The van der Waals surface area contributed by atoms with Crippen molar-refractivity contribution in [2.45, 2.75) is 43.4 Å². The number of amides is 1. The van der Waals surface area contributed by atoms with E-state index in [1.165, 1.54) is 11.3 Å². The summed E-state index contributed by atoms with van der Waals surface area (Å²) < 4.78 is 32.9. The third-order valence-electron chi connectivity index (χ3n) is 4.95. The minimum Gasteiger partial charge on any atom is -0.494 e. The molecular formula is C21H28N2O4S2. The molecule has 1 fully saturated rings. The standard InChI is InChI=1S/C21H28N2O4S2/c1-3-27-18-9-7-17(8-10-18)16-22(2)20(24)15-19-11-12-21(28-19)29(25,26)23-13-5-4-6-14-23/h7-12H,3-6,13-16H2,1-2H3. The van der Waals surface area contributed by atoms with Gasteiger partial charge in [0.15, 0.2) is 0 Å². The van der Waals surface area contributed by atoms with Gasteiger partial charge in [-0.1, -0.05) is 18.6 Å². The van der Waals surface area contributed by atoms with E-state index in [2.05, 4.69) is 0 Å². The van der Waals surface area contributed by atoms with Crippen molar-refractivity contribution in [2.24, 2.45) is 0 Å². The summed E-state index contributed by atoms with van der Waals surface area (Å²) in [5, 5.41) is 0. The summed E-state index contributed by atoms with van der Waals surface area (Å²) >= 11 is 1.20. The molecule has 2 heterocycles. The molecule has 1 aliphatic rings. The van der Waals surface area contributed by atoms with Crippen LogP contribution in [0.15, 0.2) is 40.6 Å². The molecule has 1 aromatic heterocycles. The van der Waals surface area contributed by atoms with Crippen LogP contribution in [0.25, 0.3) is 0 Å². The molecule has 8 heteroatoms. The predicted molar refractivity (Wildman–Crippen MR) is 115 cm³/mol. The first-order valence-electron chi connectivity index (χ1n) is 9.94. The van der Waals surface area contributed by atoms with Gasteiger partial charge in [-0.05, 0) is 49.6 Å². The lowest BCUT2D eigenvalue weighted by molar-refractivity contribution is -0.129. The van der Waals surface area contributed by atoms with E-state index in [0.29, 0.717) is 30.5 Å². The van der Waals surface area contributed by atoms with Crippen molar-refractivity contribution in [1.82, 2.24) is 9.21 Å². The molecule has 1 aromatic carbocycles. The van der Waals surface area contributed by atoms with Crippen LogP contribution >= 0.6 is 11.3 Å². The molecule has 6 nitrogen and oxygen atoms in total. The molecule has 1 aliphatic heterocycles. The van der Waals surface area contributed by atoms with E-state index in [1.54, 1.807) is 28.4 Å². The Morgan fingerprint density at radius 2 is 1.79 bits per heavy atom. The maximum absolute atomic E-state index is 12.8. The van der Waals surface area contributed by atoms with Crippen LogP contribution in [0.2, 0.25) is 0 Å². The summed E-state index contributed by atoms with van der Waals surface area (Å²) in [6.07, 6.45) is 3.10. The van der Waals surface area contributed by atoms with Crippen LogP contribution in [-0.4, -0.2) is 50.3 Å². The summed E-state index contributed by atoms with van der Waals surface area (Å²) in [6, 6.07) is 11.1. The molecule has 0 radical (unpaired) electrons. The summed E-state index contributed by atoms with van der Waals surface area (Å²) in [6.45, 7) is 4.22. The third-order valence-corrected chi connectivity index (χ3v) is 8.40. The van der Waals surface area contributed by atoms with E-state index >= 15 is 0 Å². The molecule has 0 N–H and O–H groups in total. The molecule has 0 bridgehead atoms. The van der Waals surface area contributed by atoms with Crippen LogP contribution in [0.3, 0.4) is 0 Å². The first kappa shape index (κ1) is 21.8. The van der Waals surface area contributed by atoms with Crippen molar-refractivity contribution >= 4 is 27.3 Å². The number of hydrogen-bond acceptors (Lipinski definition) is 5. The molecule has 0 aliphatic carbocycles. The number of nitrogens with zero attached hydrogens (tertiary/aromatic N) is 2. The van der Waals surface area contributed by atoms with Crippen LogP contribution in [0, 0.1) is 0 Å². The Morgan fingerprint density at radius 3 is 2.45 bits per heavy atom. The molecule has 2 aromatic rings. The van der Waals surface area contributed by atoms with Gasteiger partial charge in [0.1, 0.15) is 9.96 Å². The molecule has 1 amide bonds. The number of carbonyl (C=O) groups excluding carboxylic acids is 1. The number of thiophene rings is 1. The van der Waals surface area contributed by atoms with Gasteiger partial charge in [0.2, 0.25) is 5.91 Å². The molecule has 158 valence electrons. The van der Waals surface area contributed by atoms with Crippen molar-refractivity contribution in [2.75, 3.05) is 26.7 Å². The largest absolute Gasteiger partial charge is 0.494 e. The van der Waals surface area contributed by atoms with Crippen molar-refractivity contribution in [3.8, 4) is 5.75 Å². The topological polar surface area (TPSA) is 66.9 Å². The number of piperidine rings is 1. The number of ether oxygens (including phenoxy) is 1. The van der Waals surface area contributed by atoms with E-state index in [-0.39, 0.29) is 12.3 Å². The predicted octanol–water partition coefficient (Wildman–Crippen LogP) is 3.52. The van der Waals surface area contributed by atoms with Gasteiger partial charge in [-0.2, -0.15) is 4.31 Å². The second-order valence-corrected chi connectivity index (χ2v) is 10.5. The van der Waals surface area contributed by atoms with Gasteiger partial charge in [0.05, 0.1) is 13.0 Å². The Morgan fingerprint density at radius 1 is 1.10 bits per heavy atom. The molecule has 3 rings (SSSR count). The minimum absolute atomic E-state index is 0.0392. The van der Waals surface area contributed by atoms with Crippen molar-refractivity contribution in [3.63, 3.8) is 0 Å². The van der Waals surface area contributed by atoms with Crippen molar-refractivity contribution < 1.29 is 17.9 Å². The number of hydrogen-bond donors (Lipinski definition) is 0. The second-order valence-electron chi connectivity index (χ2n) is 7.19. The fourth-order valence-electron chi connectivity index (χ4n) is 3.33. The zero-order chi connectivity index (χ0) is 20.9. The Hall–Kier alpha value is -1.90. The number of rotatable bonds is 8. The Kier molecular flexibility index (Phi) is 7.32. The highest BCUT2D eigenvalue weighted by molar-refractivity contribution is 7.91. The normalized spacial score (nSPS) is 15.2. The Bertz CT molecular complexity index is 916. The molecule has 0 spiro atoms. The van der Waals surface area contributed by atoms with Gasteiger partial charge in [-0.15, -0.1) is 11.3 Å². The first-order valence-corrected chi connectivity index (χ1v) is 12.2. The fourth-order valence-corrected chi connectivity index (χ4v) is 6.35. The van der Waals surface area contributed by atoms with E-state index in [9.17, 15) is 13.2 Å². The van der Waals surface area contributed by atoms with Gasteiger partial charge in [-0.25, -0.2) is 8.42 Å². The van der Waals surface area contributed by atoms with Gasteiger partial charge in [0, 0.05) is 31.6 Å². The smallest absolute Gasteiger partial charge is 0.252 e. The number of likely N-dealkylation sites (N-methyl/N-ethyl adjacent to an activating group) is 1. The van der Waals surface area contributed by atoms with Gasteiger partial charge >= 0.3 is 0 Å². The first-order chi connectivity index (χ1) is 13.9. The van der Waals surface area contributed by atoms with Gasteiger partial charge in [-0.3, -0.25) is 4.79 Å². The van der Waals surface area contributed by atoms with E-state index < -0.39 is 10.0 Å². The quantitative estimate of drug-likeness (QED) is 0.635. The van der Waals surface area contributed by atoms with Crippen LogP contribution in [-0.2, 0) is 27.8 Å². The molecule has 29 heavy (non-hydrogen) atoms. The molecule has 0 atom stereocenters. The zero-order valence-corrected chi connectivity index (χ0v) is 18.6. The number of benzene rings is 1. The lowest BCUT2D eigenvalue weighted by Crippen LogP contribution is -2.35. The molecule has 0 unspecified atom stereocenters. The monoisotopic (exact) mass is 436 g/mol. The van der Waals surface area contributed by atoms with Crippen molar-refractivity contribution in [3.05, 3.63) is 46.8 Å². The molecule has 1 saturated heterocycles. The summed E-state index contributed by atoms with van der Waals surface area (Å²) in [5.74, 6) is 0.772. The van der Waals surface area contributed by atoms with Crippen LogP contribution < -0.4 is 4.74 Å². The second kappa shape index (κ2) is 9.73. The van der Waals surface area contributed by atoms with E-state index in [0.717, 1.165) is 35.5 Å². The average molecular weight is 437 g/mol. The maximum Gasteiger partial charge on any atom is 0.252 e. The van der Waals surface area contributed by atoms with Crippen LogP contribution in [0.4, 0.5) is 0 Å². The SMILES string of the molecule is CCOc1ccc(CN(C)C(=O)Cc2ccc(S(=O)(=O)N3CCCCC3)s2)cc1. The summed E-state index contributed by atoms with van der Waals surface area (Å²) in [5.41, 5.74) is 1.02. The van der Waals surface area contributed by atoms with E-state index in [4.69, 9.17) is 4.74 Å².